The van der Waals surface area contributed by atoms with Gasteiger partial charge < -0.3 is 0 Å². The summed E-state index contributed by atoms with van der Waals surface area (Å²) >= 11 is 0. The summed E-state index contributed by atoms with van der Waals surface area (Å²) in [6, 6.07) is 19.4. The molecule has 0 saturated heterocycles. The molecule has 28 heavy (non-hydrogen) atoms. The number of hydrogen-bond donors (Lipinski definition) is 0. The number of aryl methyl sites for hydroxylation is 2. The molecule has 1 aliphatic carbocycles. The third-order valence-corrected chi connectivity index (χ3v) is 5.46. The molecule has 2 aromatic carbocycles. The number of pyridine rings is 2. The minimum atomic E-state index is 0.994. The summed E-state index contributed by atoms with van der Waals surface area (Å²) in [6.45, 7) is 4.14. The summed E-state index contributed by atoms with van der Waals surface area (Å²) in [5.74, 6) is 0. The summed E-state index contributed by atoms with van der Waals surface area (Å²) in [5.41, 5.74) is 9.15. The molecule has 0 atom stereocenters. The zero-order valence-corrected chi connectivity index (χ0v) is 16.2. The van der Waals surface area contributed by atoms with Gasteiger partial charge in [0.2, 0.25) is 0 Å². The number of benzene rings is 2. The van der Waals surface area contributed by atoms with Crippen LogP contribution >= 0.6 is 0 Å². The first-order valence-electron chi connectivity index (χ1n) is 9.84. The standard InChI is InChI=1S/C26H22N2/c1-17-15-23(19-9-5-3-6-10-19)21-13-14-22-24(20-11-7-4-8-12-20)16-18(2)28-26(22)25(21)27-17/h3-7,9-11,13-16H,8,12H2,1-2H3. The van der Waals surface area contributed by atoms with E-state index >= 15 is 0 Å². The van der Waals surface area contributed by atoms with Crippen molar-refractivity contribution >= 4 is 27.4 Å². The van der Waals surface area contributed by atoms with E-state index in [-0.39, 0.29) is 0 Å². The highest BCUT2D eigenvalue weighted by atomic mass is 14.8. The van der Waals surface area contributed by atoms with Crippen molar-refractivity contribution < 1.29 is 0 Å². The van der Waals surface area contributed by atoms with Crippen LogP contribution in [0, 0.1) is 13.8 Å². The van der Waals surface area contributed by atoms with Crippen LogP contribution in [0.2, 0.25) is 0 Å². The molecule has 2 heteroatoms. The second-order valence-corrected chi connectivity index (χ2v) is 7.51. The molecule has 0 saturated carbocycles. The Morgan fingerprint density at radius 1 is 0.750 bits per heavy atom. The first-order valence-corrected chi connectivity index (χ1v) is 9.84. The van der Waals surface area contributed by atoms with E-state index in [4.69, 9.17) is 9.97 Å². The van der Waals surface area contributed by atoms with Crippen molar-refractivity contribution in [3.63, 3.8) is 0 Å². The van der Waals surface area contributed by atoms with Gasteiger partial charge in [-0.3, -0.25) is 9.97 Å². The van der Waals surface area contributed by atoms with Gasteiger partial charge in [0, 0.05) is 22.2 Å². The van der Waals surface area contributed by atoms with Crippen LogP contribution in [0.15, 0.2) is 72.8 Å². The predicted octanol–water partition coefficient (Wildman–Crippen LogP) is 6.80. The Morgan fingerprint density at radius 3 is 2.04 bits per heavy atom. The van der Waals surface area contributed by atoms with Crippen LogP contribution in [0.3, 0.4) is 0 Å². The molecule has 0 N–H and O–H groups in total. The second-order valence-electron chi connectivity index (χ2n) is 7.51. The lowest BCUT2D eigenvalue weighted by atomic mass is 9.92. The van der Waals surface area contributed by atoms with Crippen molar-refractivity contribution in [3.8, 4) is 11.1 Å². The Balaban J connectivity index is 1.86. The van der Waals surface area contributed by atoms with Gasteiger partial charge in [0.15, 0.2) is 0 Å². The molecule has 0 aliphatic heterocycles. The molecule has 136 valence electrons. The van der Waals surface area contributed by atoms with Crippen LogP contribution in [0.1, 0.15) is 29.8 Å². The predicted molar refractivity (Wildman–Crippen MR) is 118 cm³/mol. The molecule has 0 unspecified atom stereocenters. The average molecular weight is 362 g/mol. The highest BCUT2D eigenvalue weighted by molar-refractivity contribution is 6.10. The fraction of sp³-hybridized carbons (Fsp3) is 0.154. The average Bonchev–Trinajstić information content (AvgIpc) is 2.74. The van der Waals surface area contributed by atoms with E-state index in [2.05, 4.69) is 86.7 Å². The fourth-order valence-corrected chi connectivity index (χ4v) is 4.18. The summed E-state index contributed by atoms with van der Waals surface area (Å²) in [5, 5.41) is 2.35. The van der Waals surface area contributed by atoms with Crippen LogP contribution in [0.5, 0.6) is 0 Å². The Bertz CT molecular complexity index is 1260. The molecule has 0 bridgehead atoms. The molecule has 2 aromatic heterocycles. The van der Waals surface area contributed by atoms with Gasteiger partial charge in [0.1, 0.15) is 0 Å². The number of rotatable bonds is 2. The van der Waals surface area contributed by atoms with Crippen LogP contribution in [0.4, 0.5) is 0 Å². The monoisotopic (exact) mass is 362 g/mol. The topological polar surface area (TPSA) is 25.8 Å². The summed E-state index contributed by atoms with van der Waals surface area (Å²) in [4.78, 5) is 9.85. The van der Waals surface area contributed by atoms with Crippen LogP contribution in [0.25, 0.3) is 38.5 Å². The Labute approximate surface area is 165 Å². The van der Waals surface area contributed by atoms with E-state index in [1.54, 1.807) is 0 Å². The molecule has 0 radical (unpaired) electrons. The Morgan fingerprint density at radius 2 is 1.39 bits per heavy atom. The zero-order valence-electron chi connectivity index (χ0n) is 16.2. The highest BCUT2D eigenvalue weighted by Crippen LogP contribution is 2.36. The maximum atomic E-state index is 4.93. The lowest BCUT2D eigenvalue weighted by molar-refractivity contribution is 1.05. The molecule has 1 aliphatic rings. The molecule has 0 spiro atoms. The Hall–Kier alpha value is -3.26. The van der Waals surface area contributed by atoms with E-state index < -0.39 is 0 Å². The largest absolute Gasteiger partial charge is 0.251 e. The number of nitrogens with zero attached hydrogens (tertiary/aromatic N) is 2. The molecule has 2 nitrogen and oxygen atoms in total. The van der Waals surface area contributed by atoms with Gasteiger partial charge in [-0.05, 0) is 61.1 Å². The minimum Gasteiger partial charge on any atom is -0.251 e. The summed E-state index contributed by atoms with van der Waals surface area (Å²) in [7, 11) is 0. The third-order valence-electron chi connectivity index (χ3n) is 5.46. The van der Waals surface area contributed by atoms with Crippen molar-refractivity contribution in [2.45, 2.75) is 26.7 Å². The van der Waals surface area contributed by atoms with Crippen LogP contribution in [-0.4, -0.2) is 9.97 Å². The maximum absolute atomic E-state index is 4.93. The molecule has 0 amide bonds. The number of aromatic nitrogens is 2. The van der Waals surface area contributed by atoms with Crippen LogP contribution in [-0.2, 0) is 0 Å². The van der Waals surface area contributed by atoms with Gasteiger partial charge in [-0.2, -0.15) is 0 Å². The van der Waals surface area contributed by atoms with E-state index in [1.165, 1.54) is 27.6 Å². The van der Waals surface area contributed by atoms with Crippen molar-refractivity contribution in [1.82, 2.24) is 9.97 Å². The van der Waals surface area contributed by atoms with Crippen molar-refractivity contribution in [2.75, 3.05) is 0 Å². The lowest BCUT2D eigenvalue weighted by Crippen LogP contribution is -1.97. The van der Waals surface area contributed by atoms with E-state index in [0.29, 0.717) is 0 Å². The van der Waals surface area contributed by atoms with Crippen molar-refractivity contribution in [1.29, 1.82) is 0 Å². The Kier molecular flexibility index (Phi) is 4.05. The smallest absolute Gasteiger partial charge is 0.0974 e. The first-order chi connectivity index (χ1) is 13.7. The maximum Gasteiger partial charge on any atom is 0.0974 e. The van der Waals surface area contributed by atoms with Crippen molar-refractivity contribution in [2.24, 2.45) is 0 Å². The second kappa shape index (κ2) is 6.72. The fourth-order valence-electron chi connectivity index (χ4n) is 4.18. The molecular weight excluding hydrogens is 340 g/mol. The summed E-state index contributed by atoms with van der Waals surface area (Å²) in [6.07, 6.45) is 8.80. The third kappa shape index (κ3) is 2.82. The minimum absolute atomic E-state index is 0.994. The highest BCUT2D eigenvalue weighted by Gasteiger charge is 2.15. The summed E-state index contributed by atoms with van der Waals surface area (Å²) < 4.78 is 0. The van der Waals surface area contributed by atoms with Crippen LogP contribution < -0.4 is 0 Å². The lowest BCUT2D eigenvalue weighted by Gasteiger charge is -2.15. The van der Waals surface area contributed by atoms with Crippen molar-refractivity contribution in [3.05, 3.63) is 89.8 Å². The van der Waals surface area contributed by atoms with E-state index in [1.807, 2.05) is 0 Å². The number of fused-ring (bicyclic) bond motifs is 3. The number of hydrogen-bond acceptors (Lipinski definition) is 2. The van der Waals surface area contributed by atoms with Gasteiger partial charge in [-0.25, -0.2) is 0 Å². The quantitative estimate of drug-likeness (QED) is 0.366. The van der Waals surface area contributed by atoms with Gasteiger partial charge in [0.25, 0.3) is 0 Å². The molecule has 4 aromatic rings. The first kappa shape index (κ1) is 16.9. The molecular formula is C26H22N2. The van der Waals surface area contributed by atoms with E-state index in [0.717, 1.165) is 40.6 Å². The van der Waals surface area contributed by atoms with E-state index in [9.17, 15) is 0 Å². The normalized spacial score (nSPS) is 13.9. The molecule has 0 fully saturated rings. The molecule has 5 rings (SSSR count). The SMILES string of the molecule is Cc1cc(C2=CC=CCC2)c2ccc3c(-c4ccccc4)cc(C)nc3c2n1. The van der Waals surface area contributed by atoms with Gasteiger partial charge in [-0.1, -0.05) is 60.7 Å². The van der Waals surface area contributed by atoms with Gasteiger partial charge >= 0.3 is 0 Å². The molecule has 2 heterocycles. The number of allylic oxidation sites excluding steroid dienone is 4. The van der Waals surface area contributed by atoms with Gasteiger partial charge in [-0.15, -0.1) is 0 Å². The van der Waals surface area contributed by atoms with Gasteiger partial charge in [0.05, 0.1) is 11.0 Å². The zero-order chi connectivity index (χ0) is 19.1.